The van der Waals surface area contributed by atoms with Gasteiger partial charge in [-0.3, -0.25) is 14.6 Å². The molecule has 1 aliphatic heterocycles. The molecule has 0 saturated heterocycles. The minimum absolute atomic E-state index is 0.0244. The van der Waals surface area contributed by atoms with E-state index in [2.05, 4.69) is 9.97 Å². The van der Waals surface area contributed by atoms with Gasteiger partial charge in [-0.1, -0.05) is 0 Å². The average molecular weight is 337 g/mol. The van der Waals surface area contributed by atoms with E-state index in [4.69, 9.17) is 0 Å². The lowest BCUT2D eigenvalue weighted by Gasteiger charge is -2.32. The molecule has 1 amide bonds. The second-order valence-corrected chi connectivity index (χ2v) is 7.60. The van der Waals surface area contributed by atoms with Crippen LogP contribution in [-0.2, 0) is 17.8 Å². The molecule has 0 spiro atoms. The third-order valence-corrected chi connectivity index (χ3v) is 6.52. The number of alkyl halides is 2. The molecule has 5 rings (SSSR count). The molecule has 2 heterocycles. The van der Waals surface area contributed by atoms with Crippen molar-refractivity contribution in [3.05, 3.63) is 32.1 Å². The fraction of sp³-hybridized carbons (Fsp3) is 0.688. The highest BCUT2D eigenvalue weighted by atomic mass is 19.3. The summed E-state index contributed by atoms with van der Waals surface area (Å²) in [5.74, 6) is -4.34. The van der Waals surface area contributed by atoms with Gasteiger partial charge in [-0.2, -0.15) is 0 Å². The van der Waals surface area contributed by atoms with Crippen molar-refractivity contribution in [1.82, 2.24) is 14.9 Å². The Hall–Kier alpha value is -1.99. The molecule has 5 atom stereocenters. The van der Waals surface area contributed by atoms with Crippen molar-refractivity contribution < 1.29 is 13.6 Å². The van der Waals surface area contributed by atoms with Gasteiger partial charge in [0.2, 0.25) is 5.91 Å². The summed E-state index contributed by atoms with van der Waals surface area (Å²) in [7, 11) is 0. The zero-order valence-electron chi connectivity index (χ0n) is 12.9. The van der Waals surface area contributed by atoms with E-state index in [1.165, 1.54) is 0 Å². The van der Waals surface area contributed by atoms with Crippen LogP contribution in [0.3, 0.4) is 0 Å². The van der Waals surface area contributed by atoms with E-state index in [1.54, 1.807) is 4.90 Å². The van der Waals surface area contributed by atoms with E-state index in [9.17, 15) is 23.2 Å². The Balaban J connectivity index is 1.38. The predicted molar refractivity (Wildman–Crippen MR) is 78.4 cm³/mol. The molecule has 2 bridgehead atoms. The van der Waals surface area contributed by atoms with Crippen molar-refractivity contribution in [1.29, 1.82) is 0 Å². The number of amides is 1. The monoisotopic (exact) mass is 337 g/mol. The Bertz CT molecular complexity index is 861. The smallest absolute Gasteiger partial charge is 0.325 e. The summed E-state index contributed by atoms with van der Waals surface area (Å²) in [6, 6.07) is 0. The van der Waals surface area contributed by atoms with Gasteiger partial charge in [-0.05, 0) is 31.1 Å². The molecule has 128 valence electrons. The molecule has 4 aliphatic rings. The lowest BCUT2D eigenvalue weighted by atomic mass is 9.87. The quantitative estimate of drug-likeness (QED) is 0.782. The number of nitrogens with one attached hydrogen (secondary N) is 2. The summed E-state index contributed by atoms with van der Waals surface area (Å²) < 4.78 is 27.5. The van der Waals surface area contributed by atoms with Gasteiger partial charge in [0.05, 0.1) is 6.54 Å². The molecule has 8 heteroatoms. The lowest BCUT2D eigenvalue weighted by molar-refractivity contribution is -0.138. The van der Waals surface area contributed by atoms with Crippen LogP contribution in [0.4, 0.5) is 8.78 Å². The maximum Gasteiger partial charge on any atom is 0.325 e. The van der Waals surface area contributed by atoms with Crippen LogP contribution in [0.15, 0.2) is 9.59 Å². The van der Waals surface area contributed by atoms with Crippen molar-refractivity contribution in [2.75, 3.05) is 6.54 Å². The van der Waals surface area contributed by atoms with Crippen molar-refractivity contribution in [3.8, 4) is 0 Å². The Morgan fingerprint density at radius 2 is 1.96 bits per heavy atom. The predicted octanol–water partition coefficient (Wildman–Crippen LogP) is 0.485. The number of carbonyl (C=O) groups excluding carboxylic acids is 1. The van der Waals surface area contributed by atoms with Gasteiger partial charge in [-0.25, -0.2) is 13.6 Å². The minimum atomic E-state index is -2.57. The lowest BCUT2D eigenvalue weighted by Crippen LogP contribution is -2.44. The summed E-state index contributed by atoms with van der Waals surface area (Å²) >= 11 is 0. The van der Waals surface area contributed by atoms with Gasteiger partial charge in [0, 0.05) is 35.6 Å². The second-order valence-electron chi connectivity index (χ2n) is 7.60. The molecular formula is C16H17F2N3O3. The number of hydrogen-bond donors (Lipinski definition) is 2. The molecule has 0 radical (unpaired) electrons. The van der Waals surface area contributed by atoms with E-state index in [1.807, 2.05) is 0 Å². The van der Waals surface area contributed by atoms with E-state index in [0.29, 0.717) is 30.6 Å². The van der Waals surface area contributed by atoms with Gasteiger partial charge >= 0.3 is 5.69 Å². The highest BCUT2D eigenvalue weighted by Crippen LogP contribution is 2.75. The first-order valence-electron chi connectivity index (χ1n) is 8.39. The number of aromatic nitrogens is 2. The van der Waals surface area contributed by atoms with Crippen molar-refractivity contribution in [2.45, 2.75) is 31.7 Å². The van der Waals surface area contributed by atoms with Crippen LogP contribution in [0.25, 0.3) is 0 Å². The fourth-order valence-corrected chi connectivity index (χ4v) is 5.52. The van der Waals surface area contributed by atoms with Gasteiger partial charge in [-0.15, -0.1) is 0 Å². The molecule has 6 nitrogen and oxygen atoms in total. The number of fused-ring (bicyclic) bond motifs is 6. The topological polar surface area (TPSA) is 86.0 Å². The number of aromatic amines is 2. The molecule has 3 fully saturated rings. The van der Waals surface area contributed by atoms with Gasteiger partial charge in [0.25, 0.3) is 11.5 Å². The highest BCUT2D eigenvalue weighted by Gasteiger charge is 2.80. The summed E-state index contributed by atoms with van der Waals surface area (Å²) in [6.07, 6.45) is 1.66. The van der Waals surface area contributed by atoms with Crippen LogP contribution in [0.2, 0.25) is 0 Å². The van der Waals surface area contributed by atoms with Gasteiger partial charge in [0.1, 0.15) is 0 Å². The summed E-state index contributed by atoms with van der Waals surface area (Å²) in [5, 5.41) is 0. The number of carbonyl (C=O) groups is 1. The van der Waals surface area contributed by atoms with Crippen molar-refractivity contribution in [3.63, 3.8) is 0 Å². The molecule has 24 heavy (non-hydrogen) atoms. The van der Waals surface area contributed by atoms with Crippen molar-refractivity contribution >= 4 is 5.91 Å². The van der Waals surface area contributed by atoms with Crippen LogP contribution in [0, 0.1) is 29.6 Å². The van der Waals surface area contributed by atoms with Crippen LogP contribution in [-0.4, -0.2) is 33.2 Å². The highest BCUT2D eigenvalue weighted by molar-refractivity contribution is 5.80. The van der Waals surface area contributed by atoms with Crippen LogP contribution >= 0.6 is 0 Å². The van der Waals surface area contributed by atoms with Gasteiger partial charge < -0.3 is 9.88 Å². The first kappa shape index (κ1) is 14.4. The molecule has 0 aromatic carbocycles. The average Bonchev–Trinajstić information content (AvgIpc) is 2.90. The van der Waals surface area contributed by atoms with Crippen LogP contribution < -0.4 is 11.2 Å². The molecule has 2 N–H and O–H groups in total. The largest absolute Gasteiger partial charge is 0.336 e. The summed E-state index contributed by atoms with van der Waals surface area (Å²) in [6.45, 7) is 0.561. The molecule has 1 aromatic heterocycles. The molecule has 1 aromatic rings. The maximum absolute atomic E-state index is 13.7. The molecule has 3 saturated carbocycles. The van der Waals surface area contributed by atoms with E-state index in [0.717, 1.165) is 6.42 Å². The fourth-order valence-electron chi connectivity index (χ4n) is 5.52. The van der Waals surface area contributed by atoms with E-state index >= 15 is 0 Å². The standard InChI is InChI=1S/C16H17F2N3O3/c17-16(18)11-6-3-8(12(11)16)9(4-6)14(23)21-2-1-7-10(5-21)19-15(24)20-13(7)22/h6,8-9,11-12H,1-5H2,(H2,19,20,22,24). The SMILES string of the molecule is O=C(C1CC2CC1C1C2C1(F)F)N1CCc2c([nH]c(=O)[nH]c2=O)C1. The summed E-state index contributed by atoms with van der Waals surface area (Å²) in [4.78, 5) is 42.4. The van der Waals surface area contributed by atoms with Crippen LogP contribution in [0.1, 0.15) is 24.1 Å². The zero-order valence-corrected chi connectivity index (χ0v) is 12.9. The first-order chi connectivity index (χ1) is 11.4. The number of hydrogen-bond acceptors (Lipinski definition) is 3. The van der Waals surface area contributed by atoms with E-state index < -0.39 is 29.0 Å². The normalized spacial score (nSPS) is 37.9. The third-order valence-electron chi connectivity index (χ3n) is 6.52. The van der Waals surface area contributed by atoms with Crippen molar-refractivity contribution in [2.24, 2.45) is 29.6 Å². The zero-order chi connectivity index (χ0) is 16.8. The number of rotatable bonds is 1. The maximum atomic E-state index is 13.7. The number of nitrogens with zero attached hydrogens (tertiary/aromatic N) is 1. The minimum Gasteiger partial charge on any atom is -0.336 e. The molecular weight excluding hydrogens is 320 g/mol. The van der Waals surface area contributed by atoms with Crippen LogP contribution in [0.5, 0.6) is 0 Å². The Labute approximate surface area is 135 Å². The van der Waals surface area contributed by atoms with Gasteiger partial charge in [0.15, 0.2) is 0 Å². The number of H-pyrrole nitrogens is 2. The number of halogens is 2. The Kier molecular flexibility index (Phi) is 2.60. The Morgan fingerprint density at radius 1 is 1.17 bits per heavy atom. The molecule has 5 unspecified atom stereocenters. The first-order valence-corrected chi connectivity index (χ1v) is 8.39. The second kappa shape index (κ2) is 4.34. The molecule has 3 aliphatic carbocycles. The van der Waals surface area contributed by atoms with E-state index in [-0.39, 0.29) is 30.2 Å². The third kappa shape index (κ3) is 1.71. The summed E-state index contributed by atoms with van der Waals surface area (Å²) in [5.41, 5.74) is -0.0452. The Morgan fingerprint density at radius 3 is 2.71 bits per heavy atom.